The van der Waals surface area contributed by atoms with Crippen molar-refractivity contribution < 1.29 is 19.4 Å². The number of esters is 1. The summed E-state index contributed by atoms with van der Waals surface area (Å²) in [6.45, 7) is 1.87. The lowest BCUT2D eigenvalue weighted by atomic mass is 9.91. The molecule has 0 fully saturated rings. The molecule has 0 saturated carbocycles. The van der Waals surface area contributed by atoms with Crippen molar-refractivity contribution in [2.24, 2.45) is 0 Å². The molecule has 4 nitrogen and oxygen atoms in total. The van der Waals surface area contributed by atoms with Crippen molar-refractivity contribution >= 4 is 11.8 Å². The van der Waals surface area contributed by atoms with E-state index in [-0.39, 0.29) is 19.0 Å². The third-order valence-corrected chi connectivity index (χ3v) is 3.61. The van der Waals surface area contributed by atoms with Crippen LogP contribution in [0.2, 0.25) is 0 Å². The molecule has 4 heteroatoms. The van der Waals surface area contributed by atoms with Gasteiger partial charge in [-0.3, -0.25) is 9.59 Å². The number of aliphatic hydroxyl groups is 1. The minimum Gasteiger partial charge on any atom is -0.465 e. The van der Waals surface area contributed by atoms with Crippen molar-refractivity contribution in [1.82, 2.24) is 0 Å². The van der Waals surface area contributed by atoms with Crippen molar-refractivity contribution in [3.8, 4) is 0 Å². The molecule has 0 bridgehead atoms. The van der Waals surface area contributed by atoms with E-state index >= 15 is 0 Å². The monoisotopic (exact) mass is 312 g/mol. The van der Waals surface area contributed by atoms with E-state index in [1.54, 1.807) is 43.3 Å². The normalized spacial score (nSPS) is 11.7. The zero-order chi connectivity index (χ0) is 16.7. The fourth-order valence-electron chi connectivity index (χ4n) is 2.32. The summed E-state index contributed by atoms with van der Waals surface area (Å²) in [5.41, 5.74) is 1.74. The standard InChI is InChI=1S/C19H20O4/c1-14(19(22)23-13-7-12-20)16-10-5-6-11-17(16)18(21)15-8-3-2-4-9-15/h2-6,8-11,14,20H,7,12-13H2,1H3/t14-/m0/s1. The topological polar surface area (TPSA) is 63.6 Å². The largest absolute Gasteiger partial charge is 0.465 e. The van der Waals surface area contributed by atoms with Crippen LogP contribution in [0.1, 0.15) is 40.7 Å². The van der Waals surface area contributed by atoms with E-state index in [2.05, 4.69) is 0 Å². The van der Waals surface area contributed by atoms with E-state index in [0.29, 0.717) is 23.1 Å². The maximum absolute atomic E-state index is 12.7. The number of carbonyl (C=O) groups excluding carboxylic acids is 2. The van der Waals surface area contributed by atoms with Crippen LogP contribution in [0.5, 0.6) is 0 Å². The van der Waals surface area contributed by atoms with Crippen molar-refractivity contribution in [3.05, 3.63) is 71.3 Å². The predicted octanol–water partition coefficient (Wildman–Crippen LogP) is 2.95. The number of hydrogen-bond acceptors (Lipinski definition) is 4. The quantitative estimate of drug-likeness (QED) is 0.485. The minimum atomic E-state index is -0.544. The van der Waals surface area contributed by atoms with Gasteiger partial charge in [0, 0.05) is 24.2 Å². The minimum absolute atomic E-state index is 0.0231. The highest BCUT2D eigenvalue weighted by atomic mass is 16.5. The summed E-state index contributed by atoms with van der Waals surface area (Å²) in [5.74, 6) is -1.06. The van der Waals surface area contributed by atoms with Gasteiger partial charge in [-0.25, -0.2) is 0 Å². The maximum Gasteiger partial charge on any atom is 0.313 e. The Balaban J connectivity index is 2.23. The summed E-state index contributed by atoms with van der Waals surface area (Å²) in [7, 11) is 0. The molecule has 2 rings (SSSR count). The number of hydrogen-bond donors (Lipinski definition) is 1. The van der Waals surface area contributed by atoms with Gasteiger partial charge in [0.2, 0.25) is 0 Å². The van der Waals surface area contributed by atoms with Gasteiger partial charge in [0.15, 0.2) is 5.78 Å². The summed E-state index contributed by atoms with van der Waals surface area (Å²) >= 11 is 0. The Morgan fingerprint density at radius 1 is 1.04 bits per heavy atom. The van der Waals surface area contributed by atoms with Crippen LogP contribution >= 0.6 is 0 Å². The van der Waals surface area contributed by atoms with Gasteiger partial charge in [0.05, 0.1) is 12.5 Å². The molecule has 0 unspecified atom stereocenters. The molecule has 0 spiro atoms. The lowest BCUT2D eigenvalue weighted by Gasteiger charge is -2.15. The number of carbonyl (C=O) groups is 2. The van der Waals surface area contributed by atoms with E-state index < -0.39 is 11.9 Å². The summed E-state index contributed by atoms with van der Waals surface area (Å²) in [5, 5.41) is 8.74. The van der Waals surface area contributed by atoms with Gasteiger partial charge in [-0.1, -0.05) is 54.6 Å². The molecular formula is C19H20O4. The van der Waals surface area contributed by atoms with Crippen LogP contribution in [0, 0.1) is 0 Å². The Hall–Kier alpha value is -2.46. The highest BCUT2D eigenvalue weighted by molar-refractivity contribution is 6.10. The van der Waals surface area contributed by atoms with Crippen molar-refractivity contribution in [3.63, 3.8) is 0 Å². The van der Waals surface area contributed by atoms with Crippen LogP contribution < -0.4 is 0 Å². The number of aliphatic hydroxyl groups excluding tert-OH is 1. The highest BCUT2D eigenvalue weighted by Gasteiger charge is 2.22. The van der Waals surface area contributed by atoms with E-state index in [9.17, 15) is 9.59 Å². The third kappa shape index (κ3) is 4.27. The summed E-state index contributed by atoms with van der Waals surface area (Å²) < 4.78 is 5.13. The molecule has 0 aliphatic carbocycles. The van der Waals surface area contributed by atoms with E-state index in [1.165, 1.54) is 0 Å². The summed E-state index contributed by atoms with van der Waals surface area (Å²) in [6.07, 6.45) is 0.406. The van der Waals surface area contributed by atoms with Crippen LogP contribution in [0.4, 0.5) is 0 Å². The molecule has 0 aromatic heterocycles. The first-order valence-corrected chi connectivity index (χ1v) is 7.61. The molecule has 23 heavy (non-hydrogen) atoms. The molecule has 0 saturated heterocycles. The van der Waals surface area contributed by atoms with Gasteiger partial charge < -0.3 is 9.84 Å². The average molecular weight is 312 g/mol. The van der Waals surface area contributed by atoms with Crippen LogP contribution in [-0.4, -0.2) is 30.1 Å². The number of ether oxygens (including phenoxy) is 1. The third-order valence-electron chi connectivity index (χ3n) is 3.61. The predicted molar refractivity (Wildman–Crippen MR) is 87.4 cm³/mol. The van der Waals surface area contributed by atoms with Crippen LogP contribution in [0.15, 0.2) is 54.6 Å². The van der Waals surface area contributed by atoms with E-state index in [1.807, 2.05) is 18.2 Å². The van der Waals surface area contributed by atoms with Gasteiger partial charge in [-0.15, -0.1) is 0 Å². The molecule has 0 aliphatic rings. The molecule has 1 N–H and O–H groups in total. The SMILES string of the molecule is C[C@H](C(=O)OCCCO)c1ccccc1C(=O)c1ccccc1. The summed E-state index contributed by atoms with van der Waals surface area (Å²) in [4.78, 5) is 24.8. The zero-order valence-electron chi connectivity index (χ0n) is 13.1. The Kier molecular flexibility index (Phi) is 6.06. The second kappa shape index (κ2) is 8.25. The van der Waals surface area contributed by atoms with Gasteiger partial charge in [0.25, 0.3) is 0 Å². The Bertz CT molecular complexity index is 664. The van der Waals surface area contributed by atoms with Crippen LogP contribution in [0.25, 0.3) is 0 Å². The first-order valence-electron chi connectivity index (χ1n) is 7.61. The Morgan fingerprint density at radius 3 is 2.39 bits per heavy atom. The first-order chi connectivity index (χ1) is 11.1. The fourth-order valence-corrected chi connectivity index (χ4v) is 2.32. The number of benzene rings is 2. The van der Waals surface area contributed by atoms with Crippen LogP contribution in [0.3, 0.4) is 0 Å². The van der Waals surface area contributed by atoms with E-state index in [0.717, 1.165) is 0 Å². The molecular weight excluding hydrogens is 292 g/mol. The second-order valence-electron chi connectivity index (χ2n) is 5.25. The average Bonchev–Trinajstić information content (AvgIpc) is 2.61. The molecule has 1 atom stereocenters. The number of ketones is 1. The highest BCUT2D eigenvalue weighted by Crippen LogP contribution is 2.23. The first kappa shape index (κ1) is 16.9. The molecule has 2 aromatic carbocycles. The lowest BCUT2D eigenvalue weighted by Crippen LogP contribution is -2.17. The lowest BCUT2D eigenvalue weighted by molar-refractivity contribution is -0.145. The van der Waals surface area contributed by atoms with Gasteiger partial charge in [-0.2, -0.15) is 0 Å². The molecule has 0 aliphatic heterocycles. The molecule has 0 heterocycles. The van der Waals surface area contributed by atoms with Gasteiger partial charge in [0.1, 0.15) is 0 Å². The van der Waals surface area contributed by atoms with Gasteiger partial charge in [-0.05, 0) is 12.5 Å². The maximum atomic E-state index is 12.7. The molecule has 0 radical (unpaired) electrons. The van der Waals surface area contributed by atoms with Crippen molar-refractivity contribution in [2.45, 2.75) is 19.3 Å². The molecule has 2 aromatic rings. The summed E-state index contributed by atoms with van der Waals surface area (Å²) in [6, 6.07) is 16.1. The smallest absolute Gasteiger partial charge is 0.313 e. The van der Waals surface area contributed by atoms with E-state index in [4.69, 9.17) is 9.84 Å². The molecule has 0 amide bonds. The Labute approximate surface area is 135 Å². The van der Waals surface area contributed by atoms with Crippen molar-refractivity contribution in [1.29, 1.82) is 0 Å². The van der Waals surface area contributed by atoms with Crippen LogP contribution in [-0.2, 0) is 9.53 Å². The number of rotatable bonds is 7. The van der Waals surface area contributed by atoms with Gasteiger partial charge >= 0.3 is 5.97 Å². The fraction of sp³-hybridized carbons (Fsp3) is 0.263. The second-order valence-corrected chi connectivity index (χ2v) is 5.25. The van der Waals surface area contributed by atoms with Crippen molar-refractivity contribution in [2.75, 3.05) is 13.2 Å². The molecule has 120 valence electrons. The Morgan fingerprint density at radius 2 is 1.70 bits per heavy atom. The zero-order valence-corrected chi connectivity index (χ0v) is 13.1.